The van der Waals surface area contributed by atoms with E-state index in [2.05, 4.69) is 9.97 Å². The van der Waals surface area contributed by atoms with Crippen molar-refractivity contribution in [3.05, 3.63) is 65.4 Å². The zero-order chi connectivity index (χ0) is 22.1. The molecule has 2 N–H and O–H groups in total. The monoisotopic (exact) mass is 439 g/mol. The summed E-state index contributed by atoms with van der Waals surface area (Å²) in [5, 5.41) is 0. The number of amides is 1. The van der Waals surface area contributed by atoms with Gasteiger partial charge in [-0.2, -0.15) is 4.39 Å². The molecular weight excluding hydrogens is 423 g/mol. The van der Waals surface area contributed by atoms with Crippen molar-refractivity contribution in [3.63, 3.8) is 0 Å². The van der Waals surface area contributed by atoms with Gasteiger partial charge in [-0.05, 0) is 31.0 Å². The van der Waals surface area contributed by atoms with Crippen LogP contribution in [0.1, 0.15) is 34.8 Å². The third-order valence-corrected chi connectivity index (χ3v) is 6.20. The van der Waals surface area contributed by atoms with Crippen molar-refractivity contribution in [2.45, 2.75) is 25.0 Å². The van der Waals surface area contributed by atoms with Crippen molar-refractivity contribution < 1.29 is 22.7 Å². The fourth-order valence-corrected chi connectivity index (χ4v) is 4.75. The van der Waals surface area contributed by atoms with Crippen LogP contribution in [0.3, 0.4) is 0 Å². The van der Waals surface area contributed by atoms with E-state index in [1.54, 1.807) is 4.40 Å². The Morgan fingerprint density at radius 2 is 2.00 bits per heavy atom. The van der Waals surface area contributed by atoms with Crippen LogP contribution in [0.4, 0.5) is 19.0 Å². The van der Waals surface area contributed by atoms with E-state index in [0.717, 1.165) is 12.1 Å². The number of nitrogen functional groups attached to an aromatic ring is 1. The van der Waals surface area contributed by atoms with Gasteiger partial charge in [0, 0.05) is 18.2 Å². The van der Waals surface area contributed by atoms with Gasteiger partial charge < -0.3 is 15.4 Å². The molecule has 0 aliphatic carbocycles. The quantitative estimate of drug-likeness (QED) is 0.490. The highest BCUT2D eigenvalue weighted by atomic mass is 19.2. The fourth-order valence-electron chi connectivity index (χ4n) is 4.75. The topological polar surface area (TPSA) is 85.8 Å². The van der Waals surface area contributed by atoms with Crippen LogP contribution in [0, 0.1) is 17.5 Å². The van der Waals surface area contributed by atoms with Gasteiger partial charge >= 0.3 is 0 Å². The fraction of sp³-hybridized carbons (Fsp3) is 0.227. The molecule has 0 bridgehead atoms. The van der Waals surface area contributed by atoms with Gasteiger partial charge in [-0.1, -0.05) is 0 Å². The number of aromatic nitrogens is 3. The largest absolute Gasteiger partial charge is 0.484 e. The number of piperidine rings is 1. The highest BCUT2D eigenvalue weighted by Crippen LogP contribution is 2.46. The second-order valence-electron chi connectivity index (χ2n) is 7.99. The number of rotatable bonds is 1. The molecule has 4 heterocycles. The van der Waals surface area contributed by atoms with Gasteiger partial charge in [0.05, 0.1) is 35.2 Å². The predicted octanol–water partition coefficient (Wildman–Crippen LogP) is 3.62. The number of hydrogen-bond donors (Lipinski definition) is 1. The zero-order valence-electron chi connectivity index (χ0n) is 16.6. The zero-order valence-corrected chi connectivity index (χ0v) is 16.6. The molecule has 1 amide bonds. The number of likely N-dealkylation sites (tertiary alicyclic amines) is 1. The number of carbonyl (C=O) groups excluding carboxylic acids is 1. The van der Waals surface area contributed by atoms with Crippen molar-refractivity contribution in [2.75, 3.05) is 12.3 Å². The number of carbonyl (C=O) groups is 1. The highest BCUT2D eigenvalue weighted by Gasteiger charge is 2.45. The molecule has 2 aromatic carbocycles. The van der Waals surface area contributed by atoms with Crippen LogP contribution < -0.4 is 10.5 Å². The number of fused-ring (bicyclic) bond motifs is 6. The summed E-state index contributed by atoms with van der Waals surface area (Å²) in [6.07, 6.45) is 3.68. The Kier molecular flexibility index (Phi) is 3.89. The van der Waals surface area contributed by atoms with Crippen LogP contribution in [0.5, 0.6) is 5.75 Å². The molecule has 1 fully saturated rings. The van der Waals surface area contributed by atoms with E-state index in [0.29, 0.717) is 36.0 Å². The standard InChI is InChI=1S/C22H16F3N5O2/c23-12-4-3-10-19-17(32-20(10)18(12)25)2-1-5-29(19)22(31)11-6-15-14(7-13(11)24)28-21(26)16-8-27-9-30(15)16/h3-4,6-9,17,19H,1-2,5H2,(H2,26,28)/t17-,19-/m0/s1. The first-order valence-corrected chi connectivity index (χ1v) is 10.1. The van der Waals surface area contributed by atoms with Gasteiger partial charge in [-0.15, -0.1) is 0 Å². The Morgan fingerprint density at radius 3 is 2.84 bits per heavy atom. The van der Waals surface area contributed by atoms with Crippen LogP contribution in [0.15, 0.2) is 36.8 Å². The summed E-state index contributed by atoms with van der Waals surface area (Å²) in [6, 6.07) is 4.38. The highest BCUT2D eigenvalue weighted by molar-refractivity contribution is 5.99. The minimum Gasteiger partial charge on any atom is -0.484 e. The third-order valence-electron chi connectivity index (χ3n) is 6.20. The number of anilines is 1. The minimum absolute atomic E-state index is 0.157. The molecule has 0 saturated carbocycles. The number of nitrogens with two attached hydrogens (primary N) is 1. The van der Waals surface area contributed by atoms with E-state index >= 15 is 4.39 Å². The molecule has 1 saturated heterocycles. The lowest BCUT2D eigenvalue weighted by atomic mass is 9.93. The van der Waals surface area contributed by atoms with Crippen LogP contribution in [0.25, 0.3) is 16.6 Å². The van der Waals surface area contributed by atoms with Crippen LogP contribution >= 0.6 is 0 Å². The second-order valence-corrected chi connectivity index (χ2v) is 7.99. The SMILES string of the molecule is Nc1nc2cc(F)c(C(=O)N3CCC[C@@H]4Oc5c(ccc(F)c5F)[C@@H]43)cc2n2cncc12. The first-order valence-electron chi connectivity index (χ1n) is 10.1. The van der Waals surface area contributed by atoms with Gasteiger partial charge in [0.25, 0.3) is 5.91 Å². The number of nitrogens with zero attached hydrogens (tertiary/aromatic N) is 4. The van der Waals surface area contributed by atoms with Gasteiger partial charge in [-0.25, -0.2) is 18.7 Å². The number of imidazole rings is 1. The molecule has 2 aliphatic heterocycles. The molecule has 2 atom stereocenters. The summed E-state index contributed by atoms with van der Waals surface area (Å²) >= 11 is 0. The Hall–Kier alpha value is -3.82. The van der Waals surface area contributed by atoms with Crippen LogP contribution in [-0.4, -0.2) is 37.8 Å². The minimum atomic E-state index is -1.08. The number of halogens is 3. The Balaban J connectivity index is 1.47. The molecule has 0 unspecified atom stereocenters. The molecule has 32 heavy (non-hydrogen) atoms. The summed E-state index contributed by atoms with van der Waals surface area (Å²) in [5.41, 5.74) is 7.44. The molecule has 7 nitrogen and oxygen atoms in total. The molecule has 0 spiro atoms. The maximum atomic E-state index is 15.0. The van der Waals surface area contributed by atoms with Crippen molar-refractivity contribution in [1.29, 1.82) is 0 Å². The molecule has 162 valence electrons. The summed E-state index contributed by atoms with van der Waals surface area (Å²) in [7, 11) is 0. The lowest BCUT2D eigenvalue weighted by Crippen LogP contribution is -2.44. The van der Waals surface area contributed by atoms with E-state index in [9.17, 15) is 13.6 Å². The Morgan fingerprint density at radius 1 is 1.16 bits per heavy atom. The van der Waals surface area contributed by atoms with Crippen molar-refractivity contribution >= 4 is 28.3 Å². The first kappa shape index (κ1) is 18.9. The molecule has 10 heteroatoms. The third kappa shape index (κ3) is 2.52. The Labute approximate surface area is 179 Å². The molecule has 2 aromatic heterocycles. The summed E-state index contributed by atoms with van der Waals surface area (Å²) in [6.45, 7) is 0.333. The lowest BCUT2D eigenvalue weighted by Gasteiger charge is -2.36. The van der Waals surface area contributed by atoms with Crippen molar-refractivity contribution in [1.82, 2.24) is 19.3 Å². The molecule has 2 aliphatic rings. The van der Waals surface area contributed by atoms with Gasteiger partial charge in [-0.3, -0.25) is 9.20 Å². The average Bonchev–Trinajstić information content (AvgIpc) is 3.41. The maximum Gasteiger partial charge on any atom is 0.257 e. The summed E-state index contributed by atoms with van der Waals surface area (Å²) in [4.78, 5) is 23.2. The Bertz CT molecular complexity index is 1440. The number of hydrogen-bond acceptors (Lipinski definition) is 5. The summed E-state index contributed by atoms with van der Waals surface area (Å²) in [5.74, 6) is -3.39. The second kappa shape index (κ2) is 6.59. The average molecular weight is 439 g/mol. The van der Waals surface area contributed by atoms with Crippen LogP contribution in [-0.2, 0) is 0 Å². The van der Waals surface area contributed by atoms with Crippen molar-refractivity contribution in [3.8, 4) is 5.75 Å². The first-order chi connectivity index (χ1) is 15.4. The lowest BCUT2D eigenvalue weighted by molar-refractivity contribution is 0.0356. The maximum absolute atomic E-state index is 15.0. The van der Waals surface area contributed by atoms with Crippen molar-refractivity contribution in [2.24, 2.45) is 0 Å². The number of ether oxygens (including phenoxy) is 1. The van der Waals surface area contributed by atoms with E-state index in [1.165, 1.54) is 29.6 Å². The number of benzene rings is 2. The molecule has 0 radical (unpaired) electrons. The van der Waals surface area contributed by atoms with Gasteiger partial charge in [0.2, 0.25) is 5.82 Å². The molecule has 4 aromatic rings. The predicted molar refractivity (Wildman–Crippen MR) is 109 cm³/mol. The van der Waals surface area contributed by atoms with E-state index in [4.69, 9.17) is 10.5 Å². The smallest absolute Gasteiger partial charge is 0.257 e. The van der Waals surface area contributed by atoms with E-state index in [-0.39, 0.29) is 22.6 Å². The molecule has 6 rings (SSSR count). The van der Waals surface area contributed by atoms with E-state index < -0.39 is 35.5 Å². The van der Waals surface area contributed by atoms with Crippen LogP contribution in [0.2, 0.25) is 0 Å². The van der Waals surface area contributed by atoms with E-state index in [1.807, 2.05) is 0 Å². The molecular formula is C22H16F3N5O2. The van der Waals surface area contributed by atoms with Gasteiger partial charge in [0.1, 0.15) is 23.3 Å². The normalized spacial score (nSPS) is 19.8. The van der Waals surface area contributed by atoms with Gasteiger partial charge in [0.15, 0.2) is 11.6 Å². The summed E-state index contributed by atoms with van der Waals surface area (Å²) < 4.78 is 50.3.